The lowest BCUT2D eigenvalue weighted by Crippen LogP contribution is -2.12. The molecule has 4 aromatic rings. The summed E-state index contributed by atoms with van der Waals surface area (Å²) >= 11 is 0. The first kappa shape index (κ1) is 19.2. The molecule has 0 aliphatic carbocycles. The smallest absolute Gasteiger partial charge is 0.219 e. The predicted molar refractivity (Wildman–Crippen MR) is 116 cm³/mol. The number of aryl methyl sites for hydroxylation is 1. The minimum Gasteiger partial charge on any atom is -0.475 e. The van der Waals surface area contributed by atoms with Crippen LogP contribution in [0.2, 0.25) is 0 Å². The molecule has 0 saturated heterocycles. The van der Waals surface area contributed by atoms with Crippen molar-refractivity contribution in [3.8, 4) is 5.88 Å². The highest BCUT2D eigenvalue weighted by molar-refractivity contribution is 5.84. The number of hydrogen-bond acceptors (Lipinski definition) is 3. The molecule has 0 fully saturated rings. The number of benzene rings is 3. The zero-order valence-electron chi connectivity index (χ0n) is 16.7. The molecule has 4 nitrogen and oxygen atoms in total. The van der Waals surface area contributed by atoms with Crippen LogP contribution < -0.4 is 4.74 Å². The minimum absolute atomic E-state index is 0.302. The number of nitrogens with zero attached hydrogens (tertiary/aromatic N) is 2. The van der Waals surface area contributed by atoms with Crippen molar-refractivity contribution in [2.45, 2.75) is 18.9 Å². The number of methoxy groups -OCH3 is 1. The summed E-state index contributed by atoms with van der Waals surface area (Å²) in [5, 5.41) is 5.84. The number of hydrogen-bond donors (Lipinski definition) is 0. The van der Waals surface area contributed by atoms with E-state index in [4.69, 9.17) is 14.6 Å². The summed E-state index contributed by atoms with van der Waals surface area (Å²) in [6, 6.07) is 29.5. The normalized spacial score (nSPS) is 11.2. The molecule has 1 aromatic heterocycles. The van der Waals surface area contributed by atoms with Gasteiger partial charge in [0.2, 0.25) is 5.88 Å². The number of rotatable bonds is 9. The van der Waals surface area contributed by atoms with Crippen molar-refractivity contribution in [1.29, 1.82) is 0 Å². The van der Waals surface area contributed by atoms with E-state index >= 15 is 0 Å². The third-order valence-electron chi connectivity index (χ3n) is 5.16. The highest BCUT2D eigenvalue weighted by Crippen LogP contribution is 2.31. The molecule has 0 aliphatic heterocycles. The highest BCUT2D eigenvalue weighted by Gasteiger charge is 2.17. The molecular formula is C25H26N2O2. The Bertz CT molecular complexity index is 989. The minimum atomic E-state index is 0.302. The number of fused-ring (bicyclic) bond motifs is 1. The average Bonchev–Trinajstić information content (AvgIpc) is 3.13. The SMILES string of the molecule is COCCOc1c2ccccc2nn1CCC(c1ccccc1)c1ccccc1. The Hall–Kier alpha value is -3.11. The Morgan fingerprint density at radius 3 is 2.07 bits per heavy atom. The zero-order valence-corrected chi connectivity index (χ0v) is 16.7. The maximum Gasteiger partial charge on any atom is 0.219 e. The molecule has 29 heavy (non-hydrogen) atoms. The quantitative estimate of drug-likeness (QED) is 0.367. The maximum absolute atomic E-state index is 6.05. The van der Waals surface area contributed by atoms with Crippen molar-refractivity contribution in [1.82, 2.24) is 9.78 Å². The lowest BCUT2D eigenvalue weighted by molar-refractivity contribution is 0.140. The Morgan fingerprint density at radius 1 is 0.793 bits per heavy atom. The van der Waals surface area contributed by atoms with Gasteiger partial charge in [-0.15, -0.1) is 0 Å². The Balaban J connectivity index is 1.62. The van der Waals surface area contributed by atoms with E-state index in [9.17, 15) is 0 Å². The second-order valence-electron chi connectivity index (χ2n) is 7.05. The fraction of sp³-hybridized carbons (Fsp3) is 0.240. The van der Waals surface area contributed by atoms with E-state index in [1.54, 1.807) is 7.11 Å². The molecule has 3 aromatic carbocycles. The first-order valence-electron chi connectivity index (χ1n) is 10.0. The maximum atomic E-state index is 6.05. The van der Waals surface area contributed by atoms with Crippen molar-refractivity contribution in [2.24, 2.45) is 0 Å². The van der Waals surface area contributed by atoms with E-state index in [2.05, 4.69) is 66.7 Å². The highest BCUT2D eigenvalue weighted by atomic mass is 16.5. The van der Waals surface area contributed by atoms with E-state index < -0.39 is 0 Å². The predicted octanol–water partition coefficient (Wildman–Crippen LogP) is 5.28. The van der Waals surface area contributed by atoms with E-state index in [-0.39, 0.29) is 0 Å². The first-order chi connectivity index (χ1) is 14.4. The fourth-order valence-electron chi connectivity index (χ4n) is 3.73. The number of ether oxygens (including phenoxy) is 2. The Kier molecular flexibility index (Phi) is 6.22. The van der Waals surface area contributed by atoms with Gasteiger partial charge >= 0.3 is 0 Å². The van der Waals surface area contributed by atoms with Gasteiger partial charge in [0, 0.05) is 19.6 Å². The summed E-state index contributed by atoms with van der Waals surface area (Å²) in [7, 11) is 1.68. The topological polar surface area (TPSA) is 36.3 Å². The van der Waals surface area contributed by atoms with Gasteiger partial charge in [0.25, 0.3) is 0 Å². The molecule has 4 rings (SSSR count). The lowest BCUT2D eigenvalue weighted by atomic mass is 9.88. The molecule has 1 heterocycles. The molecule has 148 valence electrons. The first-order valence-corrected chi connectivity index (χ1v) is 10.0. The van der Waals surface area contributed by atoms with Crippen molar-refractivity contribution in [3.05, 3.63) is 96.1 Å². The molecule has 0 spiro atoms. The summed E-state index contributed by atoms with van der Waals surface area (Å²) in [6.07, 6.45) is 0.933. The Labute approximate surface area is 171 Å². The summed E-state index contributed by atoms with van der Waals surface area (Å²) in [5.41, 5.74) is 3.59. The summed E-state index contributed by atoms with van der Waals surface area (Å²) < 4.78 is 13.2. The van der Waals surface area contributed by atoms with Crippen LogP contribution in [0.25, 0.3) is 10.9 Å². The monoisotopic (exact) mass is 386 g/mol. The van der Waals surface area contributed by atoms with Gasteiger partial charge in [0.05, 0.1) is 17.5 Å². The molecule has 0 amide bonds. The van der Waals surface area contributed by atoms with Gasteiger partial charge in [-0.2, -0.15) is 5.10 Å². The van der Waals surface area contributed by atoms with Crippen molar-refractivity contribution < 1.29 is 9.47 Å². The van der Waals surface area contributed by atoms with Crippen molar-refractivity contribution in [2.75, 3.05) is 20.3 Å². The van der Waals surface area contributed by atoms with Crippen LogP contribution in [0, 0.1) is 0 Å². The number of aromatic nitrogens is 2. The molecule has 0 unspecified atom stereocenters. The van der Waals surface area contributed by atoms with Crippen LogP contribution >= 0.6 is 0 Å². The second-order valence-corrected chi connectivity index (χ2v) is 7.05. The van der Waals surface area contributed by atoms with Gasteiger partial charge in [-0.05, 0) is 29.7 Å². The summed E-state index contributed by atoms with van der Waals surface area (Å²) in [4.78, 5) is 0. The molecule has 0 N–H and O–H groups in total. The molecule has 0 bridgehead atoms. The van der Waals surface area contributed by atoms with Crippen LogP contribution in [0.5, 0.6) is 5.88 Å². The van der Waals surface area contributed by atoms with Crippen LogP contribution in [0.3, 0.4) is 0 Å². The van der Waals surface area contributed by atoms with E-state index in [0.717, 1.165) is 29.7 Å². The third-order valence-corrected chi connectivity index (χ3v) is 5.16. The summed E-state index contributed by atoms with van der Waals surface area (Å²) in [5.74, 6) is 1.12. The van der Waals surface area contributed by atoms with E-state index in [1.807, 2.05) is 22.9 Å². The standard InChI is InChI=1S/C25H26N2O2/c1-28-18-19-29-25-23-14-8-9-15-24(23)26-27(25)17-16-22(20-10-4-2-5-11-20)21-12-6-3-7-13-21/h2-15,22H,16-19H2,1H3. The van der Waals surface area contributed by atoms with E-state index in [1.165, 1.54) is 11.1 Å². The van der Waals surface area contributed by atoms with Gasteiger partial charge < -0.3 is 9.47 Å². The van der Waals surface area contributed by atoms with Gasteiger partial charge in [0.15, 0.2) is 0 Å². The van der Waals surface area contributed by atoms with Gasteiger partial charge in [-0.1, -0.05) is 72.8 Å². The van der Waals surface area contributed by atoms with Gasteiger partial charge in [0.1, 0.15) is 6.61 Å². The van der Waals surface area contributed by atoms with E-state index in [0.29, 0.717) is 19.1 Å². The molecule has 0 saturated carbocycles. The fourth-order valence-corrected chi connectivity index (χ4v) is 3.73. The van der Waals surface area contributed by atoms with Gasteiger partial charge in [-0.25, -0.2) is 4.68 Å². The largest absolute Gasteiger partial charge is 0.475 e. The van der Waals surface area contributed by atoms with Crippen LogP contribution in [0.1, 0.15) is 23.5 Å². The van der Waals surface area contributed by atoms with Crippen LogP contribution in [0.4, 0.5) is 0 Å². The lowest BCUT2D eigenvalue weighted by Gasteiger charge is -2.19. The second kappa shape index (κ2) is 9.39. The molecule has 4 heteroatoms. The van der Waals surface area contributed by atoms with Gasteiger partial charge in [-0.3, -0.25) is 0 Å². The molecular weight excluding hydrogens is 360 g/mol. The molecule has 0 radical (unpaired) electrons. The molecule has 0 atom stereocenters. The third kappa shape index (κ3) is 4.49. The summed E-state index contributed by atoms with van der Waals surface area (Å²) in [6.45, 7) is 1.83. The molecule has 0 aliphatic rings. The Morgan fingerprint density at radius 2 is 1.41 bits per heavy atom. The van der Waals surface area contributed by atoms with Crippen LogP contribution in [-0.2, 0) is 11.3 Å². The average molecular weight is 386 g/mol. The van der Waals surface area contributed by atoms with Crippen LogP contribution in [-0.4, -0.2) is 30.1 Å². The van der Waals surface area contributed by atoms with Crippen molar-refractivity contribution in [3.63, 3.8) is 0 Å². The zero-order chi connectivity index (χ0) is 19.9. The van der Waals surface area contributed by atoms with Crippen LogP contribution in [0.15, 0.2) is 84.9 Å². The van der Waals surface area contributed by atoms with Crippen molar-refractivity contribution >= 4 is 10.9 Å².